The van der Waals surface area contributed by atoms with Gasteiger partial charge in [-0.1, -0.05) is 158 Å². The van der Waals surface area contributed by atoms with Gasteiger partial charge in [-0.15, -0.1) is 0 Å². The average molecular weight is 716 g/mol. The van der Waals surface area contributed by atoms with E-state index in [9.17, 15) is 0 Å². The topological polar surface area (TPSA) is 48.5 Å². The molecule has 0 atom stereocenters. The number of benzene rings is 8. The quantitative estimate of drug-likeness (QED) is 0.172. The molecule has 0 radical (unpaired) electrons. The van der Waals surface area contributed by atoms with Crippen LogP contribution in [0.4, 0.5) is 0 Å². The molecule has 0 fully saturated rings. The summed E-state index contributed by atoms with van der Waals surface area (Å²) in [4.78, 5) is 15.6. The van der Waals surface area contributed by atoms with Gasteiger partial charge in [-0.25, -0.2) is 15.0 Å². The van der Waals surface area contributed by atoms with Crippen LogP contribution in [0.25, 0.3) is 100 Å². The molecule has 0 spiro atoms. The SMILES string of the molecule is c1ccc(-c2ccc(-c3nc(-c4ccccc4)nc(-c4cc(-n5c6ccccc6c6ccccc65)c5c(c4)c4ccccc4n5-c4ccccc4)n3)cc2)cc1. The van der Waals surface area contributed by atoms with Gasteiger partial charge in [0.05, 0.1) is 27.8 Å². The van der Waals surface area contributed by atoms with Crippen LogP contribution in [0.2, 0.25) is 0 Å². The first-order valence-corrected chi connectivity index (χ1v) is 18.9. The summed E-state index contributed by atoms with van der Waals surface area (Å²) >= 11 is 0. The molecule has 0 aliphatic heterocycles. The van der Waals surface area contributed by atoms with Gasteiger partial charge in [0.25, 0.3) is 0 Å². The van der Waals surface area contributed by atoms with Gasteiger partial charge in [-0.05, 0) is 53.6 Å². The Labute approximate surface area is 323 Å². The van der Waals surface area contributed by atoms with Crippen LogP contribution in [0.15, 0.2) is 200 Å². The molecule has 0 saturated carbocycles. The number of fused-ring (bicyclic) bond motifs is 6. The van der Waals surface area contributed by atoms with Crippen molar-refractivity contribution in [2.45, 2.75) is 0 Å². The second-order valence-electron chi connectivity index (χ2n) is 14.1. The Bertz CT molecular complexity index is 3170. The third-order valence-electron chi connectivity index (χ3n) is 10.8. The highest BCUT2D eigenvalue weighted by Crippen LogP contribution is 2.42. The van der Waals surface area contributed by atoms with Gasteiger partial charge in [-0.2, -0.15) is 0 Å². The minimum atomic E-state index is 0.612. The lowest BCUT2D eigenvalue weighted by Gasteiger charge is -2.16. The fourth-order valence-corrected chi connectivity index (χ4v) is 8.20. The molecule has 5 heteroatoms. The Morgan fingerprint density at radius 1 is 0.286 bits per heavy atom. The van der Waals surface area contributed by atoms with Crippen molar-refractivity contribution >= 4 is 43.6 Å². The lowest BCUT2D eigenvalue weighted by atomic mass is 10.0. The monoisotopic (exact) mass is 715 g/mol. The van der Waals surface area contributed by atoms with Crippen molar-refractivity contribution in [3.63, 3.8) is 0 Å². The molecule has 262 valence electrons. The minimum Gasteiger partial charge on any atom is -0.307 e. The molecular formula is C51H33N5. The summed E-state index contributed by atoms with van der Waals surface area (Å²) in [6.45, 7) is 0. The average Bonchev–Trinajstić information content (AvgIpc) is 3.80. The van der Waals surface area contributed by atoms with Crippen LogP contribution < -0.4 is 0 Å². The van der Waals surface area contributed by atoms with Crippen LogP contribution in [0.3, 0.4) is 0 Å². The lowest BCUT2D eigenvalue weighted by molar-refractivity contribution is 1.07. The minimum absolute atomic E-state index is 0.612. The van der Waals surface area contributed by atoms with Crippen LogP contribution in [0.5, 0.6) is 0 Å². The fourth-order valence-electron chi connectivity index (χ4n) is 8.20. The van der Waals surface area contributed by atoms with E-state index in [-0.39, 0.29) is 0 Å². The van der Waals surface area contributed by atoms with Gasteiger partial charge in [0.15, 0.2) is 17.5 Å². The summed E-state index contributed by atoms with van der Waals surface area (Å²) in [5, 5.41) is 4.69. The summed E-state index contributed by atoms with van der Waals surface area (Å²) in [6.07, 6.45) is 0. The number of nitrogens with zero attached hydrogens (tertiary/aromatic N) is 5. The van der Waals surface area contributed by atoms with Crippen molar-refractivity contribution in [2.75, 3.05) is 0 Å². The molecule has 11 aromatic rings. The zero-order valence-electron chi connectivity index (χ0n) is 30.3. The number of hydrogen-bond donors (Lipinski definition) is 0. The van der Waals surface area contributed by atoms with Crippen molar-refractivity contribution in [1.29, 1.82) is 0 Å². The van der Waals surface area contributed by atoms with E-state index >= 15 is 0 Å². The maximum absolute atomic E-state index is 5.26. The molecule has 0 N–H and O–H groups in total. The van der Waals surface area contributed by atoms with Crippen LogP contribution in [0.1, 0.15) is 0 Å². The van der Waals surface area contributed by atoms with E-state index < -0.39 is 0 Å². The van der Waals surface area contributed by atoms with E-state index in [1.165, 1.54) is 16.3 Å². The molecule has 8 aromatic carbocycles. The van der Waals surface area contributed by atoms with Crippen LogP contribution >= 0.6 is 0 Å². The Hall–Kier alpha value is -7.63. The van der Waals surface area contributed by atoms with Gasteiger partial charge < -0.3 is 9.13 Å². The van der Waals surface area contributed by atoms with E-state index in [0.29, 0.717) is 17.5 Å². The lowest BCUT2D eigenvalue weighted by Crippen LogP contribution is -2.03. The van der Waals surface area contributed by atoms with Crippen molar-refractivity contribution in [2.24, 2.45) is 0 Å². The van der Waals surface area contributed by atoms with E-state index in [4.69, 9.17) is 15.0 Å². The molecule has 0 bridgehead atoms. The predicted octanol–water partition coefficient (Wildman–Crippen LogP) is 12.7. The van der Waals surface area contributed by atoms with Crippen LogP contribution in [-0.2, 0) is 0 Å². The van der Waals surface area contributed by atoms with Gasteiger partial charge in [0.1, 0.15) is 0 Å². The van der Waals surface area contributed by atoms with E-state index in [1.807, 2.05) is 24.3 Å². The molecule has 0 unspecified atom stereocenters. The predicted molar refractivity (Wildman–Crippen MR) is 230 cm³/mol. The van der Waals surface area contributed by atoms with Crippen LogP contribution in [-0.4, -0.2) is 24.1 Å². The largest absolute Gasteiger partial charge is 0.307 e. The van der Waals surface area contributed by atoms with Gasteiger partial charge in [0, 0.05) is 43.9 Å². The standard InChI is InChI=1S/C51H33N5/c1-4-16-34(17-5-1)35-28-30-37(31-29-35)50-52-49(36-18-6-2-7-19-36)53-51(54-50)38-32-43-42-24-12-13-25-44(42)55(39-20-8-3-9-21-39)48(43)47(33-38)56-45-26-14-10-22-40(45)41-23-11-15-27-46(41)56/h1-33H. The van der Waals surface area contributed by atoms with E-state index in [0.717, 1.165) is 66.5 Å². The molecule has 0 saturated heterocycles. The summed E-state index contributed by atoms with van der Waals surface area (Å²) in [5.74, 6) is 1.86. The number of hydrogen-bond acceptors (Lipinski definition) is 3. The number of para-hydroxylation sites is 4. The molecule has 0 aliphatic rings. The van der Waals surface area contributed by atoms with Crippen molar-refractivity contribution in [3.05, 3.63) is 200 Å². The summed E-state index contributed by atoms with van der Waals surface area (Å²) in [7, 11) is 0. The van der Waals surface area contributed by atoms with Crippen molar-refractivity contribution in [1.82, 2.24) is 24.1 Å². The Kier molecular flexibility index (Phi) is 7.42. The normalized spacial score (nSPS) is 11.6. The highest BCUT2D eigenvalue weighted by Gasteiger charge is 2.23. The van der Waals surface area contributed by atoms with E-state index in [2.05, 4.69) is 185 Å². The van der Waals surface area contributed by atoms with E-state index in [1.54, 1.807) is 0 Å². The molecule has 0 aliphatic carbocycles. The Morgan fingerprint density at radius 2 is 0.679 bits per heavy atom. The first kappa shape index (κ1) is 31.9. The Balaban J connectivity index is 1.22. The Morgan fingerprint density at radius 3 is 1.25 bits per heavy atom. The van der Waals surface area contributed by atoms with Crippen LogP contribution in [0, 0.1) is 0 Å². The molecule has 11 rings (SSSR count). The zero-order valence-corrected chi connectivity index (χ0v) is 30.3. The second-order valence-corrected chi connectivity index (χ2v) is 14.1. The third kappa shape index (κ3) is 5.21. The smallest absolute Gasteiger partial charge is 0.164 e. The first-order chi connectivity index (χ1) is 27.8. The maximum Gasteiger partial charge on any atom is 0.164 e. The fraction of sp³-hybridized carbons (Fsp3) is 0. The molecule has 5 nitrogen and oxygen atoms in total. The van der Waals surface area contributed by atoms with Gasteiger partial charge >= 0.3 is 0 Å². The first-order valence-electron chi connectivity index (χ1n) is 18.9. The highest BCUT2D eigenvalue weighted by atomic mass is 15.1. The molecule has 56 heavy (non-hydrogen) atoms. The number of rotatable bonds is 6. The molecule has 0 amide bonds. The molecule has 3 aromatic heterocycles. The van der Waals surface area contributed by atoms with Gasteiger partial charge in [0.2, 0.25) is 0 Å². The maximum atomic E-state index is 5.26. The summed E-state index contributed by atoms with van der Waals surface area (Å²) < 4.78 is 4.81. The van der Waals surface area contributed by atoms with Crippen molar-refractivity contribution in [3.8, 4) is 56.7 Å². The number of aromatic nitrogens is 5. The third-order valence-corrected chi connectivity index (χ3v) is 10.8. The second kappa shape index (κ2) is 13.0. The molecule has 3 heterocycles. The zero-order chi connectivity index (χ0) is 37.0. The summed E-state index contributed by atoms with van der Waals surface area (Å²) in [6, 6.07) is 70.3. The van der Waals surface area contributed by atoms with Crippen molar-refractivity contribution < 1.29 is 0 Å². The summed E-state index contributed by atoms with van der Waals surface area (Å²) in [5.41, 5.74) is 11.7. The van der Waals surface area contributed by atoms with Gasteiger partial charge in [-0.3, -0.25) is 0 Å². The highest BCUT2D eigenvalue weighted by molar-refractivity contribution is 6.16. The molecular weight excluding hydrogens is 683 g/mol.